The molecule has 0 saturated heterocycles. The smallest absolute Gasteiger partial charge is 0.124 e. The first-order chi connectivity index (χ1) is 9.42. The molecule has 0 spiro atoms. The van der Waals surface area contributed by atoms with Crippen molar-refractivity contribution in [2.24, 2.45) is 5.73 Å². The van der Waals surface area contributed by atoms with Crippen molar-refractivity contribution in [2.75, 3.05) is 7.11 Å². The van der Waals surface area contributed by atoms with Crippen molar-refractivity contribution in [2.45, 2.75) is 33.7 Å². The van der Waals surface area contributed by atoms with Crippen molar-refractivity contribution in [3.63, 3.8) is 0 Å². The van der Waals surface area contributed by atoms with E-state index < -0.39 is 0 Å². The molecule has 20 heavy (non-hydrogen) atoms. The highest BCUT2D eigenvalue weighted by Crippen LogP contribution is 2.32. The molecule has 0 aliphatic carbocycles. The maximum atomic E-state index is 6.47. The molecule has 2 rings (SSSR count). The number of nitrogens with two attached hydrogens (primary N) is 1. The van der Waals surface area contributed by atoms with Crippen LogP contribution in [0, 0.1) is 27.7 Å². The molecule has 1 heterocycles. The van der Waals surface area contributed by atoms with Gasteiger partial charge in [0.2, 0.25) is 0 Å². The van der Waals surface area contributed by atoms with Gasteiger partial charge < -0.3 is 10.5 Å². The van der Waals surface area contributed by atoms with Crippen LogP contribution in [0.1, 0.15) is 39.7 Å². The zero-order valence-electron chi connectivity index (χ0n) is 12.8. The predicted octanol–water partition coefficient (Wildman–Crippen LogP) is 3.37. The van der Waals surface area contributed by atoms with Crippen LogP contribution in [-0.2, 0) is 0 Å². The summed E-state index contributed by atoms with van der Waals surface area (Å²) in [5, 5.41) is 0. The zero-order valence-corrected chi connectivity index (χ0v) is 12.8. The summed E-state index contributed by atoms with van der Waals surface area (Å²) in [6.45, 7) is 8.11. The molecule has 1 atom stereocenters. The molecule has 0 fully saturated rings. The summed E-state index contributed by atoms with van der Waals surface area (Å²) in [5.74, 6) is 0.849. The molecule has 0 aliphatic heterocycles. The van der Waals surface area contributed by atoms with Crippen LogP contribution in [0.5, 0.6) is 5.75 Å². The van der Waals surface area contributed by atoms with E-state index in [9.17, 15) is 0 Å². The number of methoxy groups -OCH3 is 1. The second-order valence-electron chi connectivity index (χ2n) is 5.36. The summed E-state index contributed by atoms with van der Waals surface area (Å²) in [7, 11) is 1.69. The van der Waals surface area contributed by atoms with Crippen molar-refractivity contribution in [1.29, 1.82) is 0 Å². The normalized spacial score (nSPS) is 12.3. The van der Waals surface area contributed by atoms with Crippen LogP contribution in [0.15, 0.2) is 24.3 Å². The average Bonchev–Trinajstić information content (AvgIpc) is 2.35. The van der Waals surface area contributed by atoms with Gasteiger partial charge in [-0.3, -0.25) is 4.98 Å². The van der Waals surface area contributed by atoms with Crippen molar-refractivity contribution < 1.29 is 4.74 Å². The van der Waals surface area contributed by atoms with E-state index in [1.165, 1.54) is 5.56 Å². The fourth-order valence-electron chi connectivity index (χ4n) is 2.72. The van der Waals surface area contributed by atoms with Crippen LogP contribution >= 0.6 is 0 Å². The summed E-state index contributed by atoms with van der Waals surface area (Å²) in [5.41, 5.74) is 12.9. The van der Waals surface area contributed by atoms with Gasteiger partial charge in [-0.2, -0.15) is 0 Å². The number of pyridine rings is 1. The Labute approximate surface area is 120 Å². The molecule has 3 heteroatoms. The molecule has 0 aliphatic rings. The molecule has 1 unspecified atom stereocenters. The third-order valence-electron chi connectivity index (χ3n) is 3.49. The fraction of sp³-hybridized carbons (Fsp3) is 0.353. The third-order valence-corrected chi connectivity index (χ3v) is 3.49. The lowest BCUT2D eigenvalue weighted by atomic mass is 9.93. The predicted molar refractivity (Wildman–Crippen MR) is 82.2 cm³/mol. The van der Waals surface area contributed by atoms with Crippen LogP contribution in [0.25, 0.3) is 0 Å². The molecule has 1 aromatic carbocycles. The lowest BCUT2D eigenvalue weighted by molar-refractivity contribution is 0.407. The summed E-state index contributed by atoms with van der Waals surface area (Å²) in [6, 6.07) is 8.04. The summed E-state index contributed by atoms with van der Waals surface area (Å²) in [4.78, 5) is 4.40. The molecular weight excluding hydrogens is 248 g/mol. The van der Waals surface area contributed by atoms with Gasteiger partial charge in [0.05, 0.1) is 13.2 Å². The Balaban J connectivity index is 2.55. The molecule has 2 aromatic rings. The fourth-order valence-corrected chi connectivity index (χ4v) is 2.72. The molecule has 1 aromatic heterocycles. The highest BCUT2D eigenvalue weighted by Gasteiger charge is 2.18. The number of aromatic nitrogens is 1. The van der Waals surface area contributed by atoms with Gasteiger partial charge in [0.15, 0.2) is 0 Å². The van der Waals surface area contributed by atoms with E-state index in [-0.39, 0.29) is 6.04 Å². The molecule has 106 valence electrons. The Morgan fingerprint density at radius 1 is 1.00 bits per heavy atom. The second kappa shape index (κ2) is 5.63. The van der Waals surface area contributed by atoms with Crippen molar-refractivity contribution in [1.82, 2.24) is 4.98 Å². The van der Waals surface area contributed by atoms with E-state index in [1.807, 2.05) is 32.0 Å². The number of ether oxygens (including phenoxy) is 1. The van der Waals surface area contributed by atoms with Gasteiger partial charge in [0.25, 0.3) is 0 Å². The van der Waals surface area contributed by atoms with E-state index in [2.05, 4.69) is 24.9 Å². The first-order valence-corrected chi connectivity index (χ1v) is 6.78. The van der Waals surface area contributed by atoms with Crippen molar-refractivity contribution >= 4 is 0 Å². The SMILES string of the molecule is COc1cc(C)cc(C)c1C(N)c1cc(C)nc(C)c1. The van der Waals surface area contributed by atoms with Crippen LogP contribution in [0.3, 0.4) is 0 Å². The first-order valence-electron chi connectivity index (χ1n) is 6.78. The van der Waals surface area contributed by atoms with E-state index in [4.69, 9.17) is 10.5 Å². The van der Waals surface area contributed by atoms with Crippen molar-refractivity contribution in [3.8, 4) is 5.75 Å². The maximum Gasteiger partial charge on any atom is 0.124 e. The van der Waals surface area contributed by atoms with Gasteiger partial charge in [0, 0.05) is 17.0 Å². The minimum atomic E-state index is -0.203. The topological polar surface area (TPSA) is 48.1 Å². The molecule has 2 N–H and O–H groups in total. The highest BCUT2D eigenvalue weighted by molar-refractivity contribution is 5.48. The van der Waals surface area contributed by atoms with Crippen LogP contribution in [0.2, 0.25) is 0 Å². The molecule has 3 nitrogen and oxygen atoms in total. The Bertz CT molecular complexity index is 615. The van der Waals surface area contributed by atoms with E-state index in [0.717, 1.165) is 33.8 Å². The number of benzene rings is 1. The number of nitrogens with zero attached hydrogens (tertiary/aromatic N) is 1. The minimum absolute atomic E-state index is 0.203. The first kappa shape index (κ1) is 14.5. The van der Waals surface area contributed by atoms with Gasteiger partial charge in [-0.05, 0) is 62.6 Å². The van der Waals surface area contributed by atoms with Gasteiger partial charge in [0.1, 0.15) is 5.75 Å². The third kappa shape index (κ3) is 2.83. The lowest BCUT2D eigenvalue weighted by Crippen LogP contribution is -2.15. The minimum Gasteiger partial charge on any atom is -0.496 e. The molecule has 0 amide bonds. The maximum absolute atomic E-state index is 6.47. The Morgan fingerprint density at radius 2 is 1.60 bits per heavy atom. The number of aryl methyl sites for hydroxylation is 4. The Kier molecular flexibility index (Phi) is 4.09. The molecule has 0 bridgehead atoms. The molecule has 0 saturated carbocycles. The molecule has 0 radical (unpaired) electrons. The summed E-state index contributed by atoms with van der Waals surface area (Å²) < 4.78 is 5.51. The Morgan fingerprint density at radius 3 is 2.15 bits per heavy atom. The van der Waals surface area contributed by atoms with Crippen molar-refractivity contribution in [3.05, 3.63) is 57.9 Å². The van der Waals surface area contributed by atoms with E-state index in [0.29, 0.717) is 0 Å². The summed E-state index contributed by atoms with van der Waals surface area (Å²) >= 11 is 0. The van der Waals surface area contributed by atoms with E-state index in [1.54, 1.807) is 7.11 Å². The standard InChI is InChI=1S/C17H22N2O/c1-10-6-11(2)16(15(7-10)20-5)17(18)14-8-12(3)19-13(4)9-14/h6-9,17H,18H2,1-5H3. The van der Waals surface area contributed by atoms with Gasteiger partial charge >= 0.3 is 0 Å². The lowest BCUT2D eigenvalue weighted by Gasteiger charge is -2.20. The average molecular weight is 270 g/mol. The molecular formula is C17H22N2O. The number of hydrogen-bond acceptors (Lipinski definition) is 3. The zero-order chi connectivity index (χ0) is 14.9. The Hall–Kier alpha value is -1.87. The van der Waals surface area contributed by atoms with Crippen LogP contribution < -0.4 is 10.5 Å². The van der Waals surface area contributed by atoms with Gasteiger partial charge in [-0.25, -0.2) is 0 Å². The second-order valence-corrected chi connectivity index (χ2v) is 5.36. The monoisotopic (exact) mass is 270 g/mol. The van der Waals surface area contributed by atoms with E-state index >= 15 is 0 Å². The number of rotatable bonds is 3. The largest absolute Gasteiger partial charge is 0.496 e. The van der Waals surface area contributed by atoms with Crippen LogP contribution in [-0.4, -0.2) is 12.1 Å². The summed E-state index contributed by atoms with van der Waals surface area (Å²) in [6.07, 6.45) is 0. The number of hydrogen-bond donors (Lipinski definition) is 1. The van der Waals surface area contributed by atoms with Gasteiger partial charge in [-0.15, -0.1) is 0 Å². The highest BCUT2D eigenvalue weighted by atomic mass is 16.5. The van der Waals surface area contributed by atoms with Gasteiger partial charge in [-0.1, -0.05) is 6.07 Å². The van der Waals surface area contributed by atoms with Crippen LogP contribution in [0.4, 0.5) is 0 Å². The quantitative estimate of drug-likeness (QED) is 0.930.